The molecule has 112 valence electrons. The van der Waals surface area contributed by atoms with Gasteiger partial charge in [0.2, 0.25) is 0 Å². The van der Waals surface area contributed by atoms with Crippen LogP contribution in [0.1, 0.15) is 38.9 Å². The molecular formula is C14H18N4O2S. The predicted octanol–water partition coefficient (Wildman–Crippen LogP) is 2.03. The highest BCUT2D eigenvalue weighted by Crippen LogP contribution is 2.21. The lowest BCUT2D eigenvalue weighted by molar-refractivity contribution is 0.0995. The number of primary amides is 1. The first-order valence-electron chi connectivity index (χ1n) is 6.60. The van der Waals surface area contributed by atoms with E-state index in [-0.39, 0.29) is 11.6 Å². The van der Waals surface area contributed by atoms with E-state index >= 15 is 0 Å². The molecule has 0 aliphatic heterocycles. The molecule has 0 aromatic carbocycles. The molecule has 0 aliphatic carbocycles. The SMILES string of the molecule is CC(C)Cc1ccc(C(=O)Nc2cn(C)nc2C(N)=O)s1. The average molecular weight is 306 g/mol. The van der Waals surface area contributed by atoms with Crippen molar-refractivity contribution in [2.75, 3.05) is 5.32 Å². The molecule has 0 aliphatic rings. The molecule has 21 heavy (non-hydrogen) atoms. The highest BCUT2D eigenvalue weighted by molar-refractivity contribution is 7.14. The first-order valence-corrected chi connectivity index (χ1v) is 7.42. The van der Waals surface area contributed by atoms with Crippen molar-refractivity contribution in [1.29, 1.82) is 0 Å². The number of anilines is 1. The minimum absolute atomic E-state index is 0.0600. The normalized spacial score (nSPS) is 10.9. The van der Waals surface area contributed by atoms with Gasteiger partial charge < -0.3 is 11.1 Å². The highest BCUT2D eigenvalue weighted by atomic mass is 32.1. The fourth-order valence-electron chi connectivity index (χ4n) is 1.96. The van der Waals surface area contributed by atoms with E-state index in [1.807, 2.05) is 6.07 Å². The molecule has 2 heterocycles. The number of nitrogens with zero attached hydrogens (tertiary/aromatic N) is 2. The van der Waals surface area contributed by atoms with E-state index in [1.165, 1.54) is 16.0 Å². The van der Waals surface area contributed by atoms with E-state index in [1.54, 1.807) is 19.3 Å². The van der Waals surface area contributed by atoms with Crippen molar-refractivity contribution in [3.05, 3.63) is 33.8 Å². The van der Waals surface area contributed by atoms with Crippen LogP contribution in [0.3, 0.4) is 0 Å². The molecule has 0 bridgehead atoms. The second-order valence-corrected chi connectivity index (χ2v) is 6.42. The molecule has 2 aromatic rings. The van der Waals surface area contributed by atoms with Crippen LogP contribution in [0.15, 0.2) is 18.3 Å². The Balaban J connectivity index is 2.14. The summed E-state index contributed by atoms with van der Waals surface area (Å²) in [7, 11) is 1.66. The predicted molar refractivity (Wildman–Crippen MR) is 82.5 cm³/mol. The van der Waals surface area contributed by atoms with Crippen LogP contribution in [-0.2, 0) is 13.5 Å². The number of hydrogen-bond acceptors (Lipinski definition) is 4. The molecule has 7 heteroatoms. The fraction of sp³-hybridized carbons (Fsp3) is 0.357. The molecule has 0 unspecified atom stereocenters. The van der Waals surface area contributed by atoms with E-state index in [4.69, 9.17) is 5.73 Å². The minimum atomic E-state index is -0.669. The third-order valence-corrected chi connectivity index (χ3v) is 3.91. The lowest BCUT2D eigenvalue weighted by Gasteiger charge is -2.02. The van der Waals surface area contributed by atoms with Gasteiger partial charge in [0.25, 0.3) is 11.8 Å². The molecule has 0 atom stereocenters. The number of rotatable bonds is 5. The van der Waals surface area contributed by atoms with Crippen molar-refractivity contribution >= 4 is 28.8 Å². The van der Waals surface area contributed by atoms with Crippen LogP contribution in [0.5, 0.6) is 0 Å². The zero-order valence-electron chi connectivity index (χ0n) is 12.2. The number of carbonyl (C=O) groups is 2. The molecule has 3 N–H and O–H groups in total. The molecular weight excluding hydrogens is 288 g/mol. The summed E-state index contributed by atoms with van der Waals surface area (Å²) in [4.78, 5) is 25.2. The summed E-state index contributed by atoms with van der Waals surface area (Å²) < 4.78 is 1.44. The van der Waals surface area contributed by atoms with Crippen LogP contribution < -0.4 is 11.1 Å². The van der Waals surface area contributed by atoms with Gasteiger partial charge in [0.15, 0.2) is 5.69 Å². The minimum Gasteiger partial charge on any atom is -0.364 e. The largest absolute Gasteiger partial charge is 0.364 e. The Bertz CT molecular complexity index is 672. The van der Waals surface area contributed by atoms with Crippen molar-refractivity contribution < 1.29 is 9.59 Å². The zero-order valence-corrected chi connectivity index (χ0v) is 13.0. The maximum Gasteiger partial charge on any atom is 0.271 e. The van der Waals surface area contributed by atoms with E-state index in [0.717, 1.165) is 11.3 Å². The maximum atomic E-state index is 12.2. The van der Waals surface area contributed by atoms with Crippen molar-refractivity contribution in [3.8, 4) is 0 Å². The quantitative estimate of drug-likeness (QED) is 0.885. The van der Waals surface area contributed by atoms with Crippen LogP contribution >= 0.6 is 11.3 Å². The molecule has 2 aromatic heterocycles. The Morgan fingerprint density at radius 2 is 2.14 bits per heavy atom. The van der Waals surface area contributed by atoms with Gasteiger partial charge >= 0.3 is 0 Å². The summed E-state index contributed by atoms with van der Waals surface area (Å²) in [6.07, 6.45) is 2.50. The Hall–Kier alpha value is -2.15. The second kappa shape index (κ2) is 6.09. The number of hydrogen-bond donors (Lipinski definition) is 2. The topological polar surface area (TPSA) is 90.0 Å². The Morgan fingerprint density at radius 1 is 1.43 bits per heavy atom. The summed E-state index contributed by atoms with van der Waals surface area (Å²) >= 11 is 1.45. The van der Waals surface area contributed by atoms with Gasteiger partial charge in [0.05, 0.1) is 10.6 Å². The molecule has 0 spiro atoms. The van der Waals surface area contributed by atoms with Crippen molar-refractivity contribution in [1.82, 2.24) is 9.78 Å². The van der Waals surface area contributed by atoms with Crippen molar-refractivity contribution in [2.24, 2.45) is 18.7 Å². The van der Waals surface area contributed by atoms with E-state index in [0.29, 0.717) is 16.5 Å². The van der Waals surface area contributed by atoms with E-state index < -0.39 is 5.91 Å². The molecule has 0 radical (unpaired) electrons. The van der Waals surface area contributed by atoms with E-state index in [9.17, 15) is 9.59 Å². The Morgan fingerprint density at radius 3 is 2.76 bits per heavy atom. The van der Waals surface area contributed by atoms with Crippen LogP contribution in [-0.4, -0.2) is 21.6 Å². The lowest BCUT2D eigenvalue weighted by Crippen LogP contribution is -2.17. The van der Waals surface area contributed by atoms with Gasteiger partial charge in [0, 0.05) is 18.1 Å². The summed E-state index contributed by atoms with van der Waals surface area (Å²) in [5.41, 5.74) is 5.63. The first-order chi connectivity index (χ1) is 9.86. The molecule has 6 nitrogen and oxygen atoms in total. The number of amides is 2. The average Bonchev–Trinajstić information content (AvgIpc) is 2.95. The molecule has 2 rings (SSSR count). The number of nitrogens with one attached hydrogen (secondary N) is 1. The summed E-state index contributed by atoms with van der Waals surface area (Å²) in [6, 6.07) is 3.75. The van der Waals surface area contributed by atoms with Crippen molar-refractivity contribution in [3.63, 3.8) is 0 Å². The third-order valence-electron chi connectivity index (χ3n) is 2.81. The second-order valence-electron chi connectivity index (χ2n) is 5.25. The number of thiophene rings is 1. The summed E-state index contributed by atoms with van der Waals surface area (Å²) in [6.45, 7) is 4.27. The monoisotopic (exact) mass is 306 g/mol. The number of nitrogens with two attached hydrogens (primary N) is 1. The third kappa shape index (κ3) is 3.69. The molecule has 0 saturated carbocycles. The maximum absolute atomic E-state index is 12.2. The first kappa shape index (κ1) is 15.2. The summed E-state index contributed by atoms with van der Waals surface area (Å²) in [5.74, 6) is -0.387. The number of carbonyl (C=O) groups excluding carboxylic acids is 2. The van der Waals surface area contributed by atoms with Crippen LogP contribution in [0, 0.1) is 5.92 Å². The fourth-order valence-corrected chi connectivity index (χ4v) is 3.07. The number of aromatic nitrogens is 2. The molecule has 0 saturated heterocycles. The summed E-state index contributed by atoms with van der Waals surface area (Å²) in [5, 5.41) is 6.62. The van der Waals surface area contributed by atoms with Crippen LogP contribution in [0.25, 0.3) is 0 Å². The smallest absolute Gasteiger partial charge is 0.271 e. The van der Waals surface area contributed by atoms with Crippen LogP contribution in [0.2, 0.25) is 0 Å². The van der Waals surface area contributed by atoms with Gasteiger partial charge in [-0.3, -0.25) is 14.3 Å². The van der Waals surface area contributed by atoms with Crippen molar-refractivity contribution in [2.45, 2.75) is 20.3 Å². The Kier molecular flexibility index (Phi) is 4.42. The van der Waals surface area contributed by atoms with Crippen LogP contribution in [0.4, 0.5) is 5.69 Å². The molecule has 0 fully saturated rings. The van der Waals surface area contributed by atoms with E-state index in [2.05, 4.69) is 24.3 Å². The van der Waals surface area contributed by atoms with Gasteiger partial charge in [-0.05, 0) is 24.5 Å². The highest BCUT2D eigenvalue weighted by Gasteiger charge is 2.17. The Labute approximate surface area is 127 Å². The zero-order chi connectivity index (χ0) is 15.6. The lowest BCUT2D eigenvalue weighted by atomic mass is 10.1. The van der Waals surface area contributed by atoms with Gasteiger partial charge in [-0.15, -0.1) is 11.3 Å². The van der Waals surface area contributed by atoms with Gasteiger partial charge in [-0.2, -0.15) is 5.10 Å². The van der Waals surface area contributed by atoms with Gasteiger partial charge in [-0.25, -0.2) is 0 Å². The van der Waals surface area contributed by atoms with Gasteiger partial charge in [0.1, 0.15) is 0 Å². The standard InChI is InChI=1S/C14H18N4O2S/c1-8(2)6-9-4-5-11(21-9)14(20)16-10-7-18(3)17-12(10)13(15)19/h4-5,7-8H,6H2,1-3H3,(H2,15,19)(H,16,20). The number of aryl methyl sites for hydroxylation is 1. The van der Waals surface area contributed by atoms with Gasteiger partial charge in [-0.1, -0.05) is 13.8 Å². The molecule has 2 amide bonds.